The van der Waals surface area contributed by atoms with Gasteiger partial charge in [-0.2, -0.15) is 0 Å². The molecule has 3 aliphatic rings. The Labute approximate surface area is 176 Å². The number of rotatable bonds is 7. The van der Waals surface area contributed by atoms with E-state index in [1.807, 2.05) is 37.3 Å². The van der Waals surface area contributed by atoms with Crippen LogP contribution in [-0.4, -0.2) is 47.7 Å². The van der Waals surface area contributed by atoms with Crippen molar-refractivity contribution in [2.45, 2.75) is 38.0 Å². The van der Waals surface area contributed by atoms with Crippen molar-refractivity contribution in [1.29, 1.82) is 0 Å². The summed E-state index contributed by atoms with van der Waals surface area (Å²) in [5.41, 5.74) is 0.987. The zero-order valence-electron chi connectivity index (χ0n) is 17.2. The third kappa shape index (κ3) is 4.25. The highest BCUT2D eigenvalue weighted by atomic mass is 16.5. The number of carbonyl (C=O) groups is 2. The predicted molar refractivity (Wildman–Crippen MR) is 113 cm³/mol. The predicted octanol–water partition coefficient (Wildman–Crippen LogP) is 3.03. The number of benzene rings is 2. The molecule has 2 aromatic carbocycles. The minimum absolute atomic E-state index is 0.0558. The molecule has 5 rings (SSSR count). The zero-order valence-corrected chi connectivity index (χ0v) is 17.2. The van der Waals surface area contributed by atoms with Gasteiger partial charge in [-0.15, -0.1) is 0 Å². The maximum atomic E-state index is 13.4. The van der Waals surface area contributed by atoms with Crippen LogP contribution in [0.15, 0.2) is 54.6 Å². The first-order valence-electron chi connectivity index (χ1n) is 10.5. The normalized spacial score (nSPS) is 24.8. The SMILES string of the molecule is CC(NCc1ccc(C(=O)O)cc1)(C(=O)O[C@H]1CN2CCC1CC2)c1ccccc1. The van der Waals surface area contributed by atoms with Crippen LogP contribution in [0.1, 0.15) is 41.3 Å². The standard InChI is InChI=1S/C24H28N2O4/c1-24(20-5-3-2-4-6-20,25-15-17-7-9-19(10-8-17)22(27)28)23(29)30-21-16-26-13-11-18(21)12-14-26/h2-10,18,21,25H,11-16H2,1H3,(H,27,28)/t21-,24?/m0/s1. The molecule has 158 valence electrons. The van der Waals surface area contributed by atoms with Crippen molar-refractivity contribution < 1.29 is 19.4 Å². The fourth-order valence-corrected chi connectivity index (χ4v) is 4.41. The van der Waals surface area contributed by atoms with Crippen molar-refractivity contribution in [3.05, 3.63) is 71.3 Å². The first-order valence-corrected chi connectivity index (χ1v) is 10.5. The van der Waals surface area contributed by atoms with E-state index in [2.05, 4.69) is 10.2 Å². The number of hydrogen-bond acceptors (Lipinski definition) is 5. The Hall–Kier alpha value is -2.70. The first-order chi connectivity index (χ1) is 14.5. The van der Waals surface area contributed by atoms with Crippen LogP contribution in [-0.2, 0) is 21.6 Å². The van der Waals surface area contributed by atoms with E-state index >= 15 is 0 Å². The Morgan fingerprint density at radius 3 is 2.33 bits per heavy atom. The summed E-state index contributed by atoms with van der Waals surface area (Å²) in [5, 5.41) is 12.5. The zero-order chi connectivity index (χ0) is 21.1. The summed E-state index contributed by atoms with van der Waals surface area (Å²) in [5.74, 6) is -0.776. The van der Waals surface area contributed by atoms with Gasteiger partial charge in [0.15, 0.2) is 0 Å². The van der Waals surface area contributed by atoms with Crippen LogP contribution >= 0.6 is 0 Å². The van der Waals surface area contributed by atoms with Gasteiger partial charge < -0.3 is 9.84 Å². The summed E-state index contributed by atoms with van der Waals surface area (Å²) in [4.78, 5) is 26.8. The lowest BCUT2D eigenvalue weighted by molar-refractivity contribution is -0.166. The third-order valence-corrected chi connectivity index (χ3v) is 6.46. The molecule has 0 aromatic heterocycles. The average Bonchev–Trinajstić information content (AvgIpc) is 2.79. The lowest BCUT2D eigenvalue weighted by atomic mass is 9.85. The highest BCUT2D eigenvalue weighted by molar-refractivity contribution is 5.87. The molecule has 0 amide bonds. The van der Waals surface area contributed by atoms with Gasteiger partial charge in [-0.25, -0.2) is 9.59 Å². The lowest BCUT2D eigenvalue weighted by Gasteiger charge is -2.45. The number of fused-ring (bicyclic) bond motifs is 3. The van der Waals surface area contributed by atoms with Gasteiger partial charge in [-0.1, -0.05) is 42.5 Å². The summed E-state index contributed by atoms with van der Waals surface area (Å²) in [6, 6.07) is 16.3. The van der Waals surface area contributed by atoms with E-state index in [4.69, 9.17) is 9.84 Å². The molecule has 3 fully saturated rings. The summed E-state index contributed by atoms with van der Waals surface area (Å²) in [6.45, 7) is 5.29. The molecule has 2 N–H and O–H groups in total. The van der Waals surface area contributed by atoms with Crippen molar-refractivity contribution in [2.24, 2.45) is 5.92 Å². The van der Waals surface area contributed by atoms with Crippen LogP contribution in [0.3, 0.4) is 0 Å². The highest BCUT2D eigenvalue weighted by Crippen LogP contribution is 2.32. The Morgan fingerprint density at radius 2 is 1.77 bits per heavy atom. The smallest absolute Gasteiger partial charge is 0.335 e. The number of nitrogens with zero attached hydrogens (tertiary/aromatic N) is 1. The molecular formula is C24H28N2O4. The molecule has 2 atom stereocenters. The Balaban J connectivity index is 1.51. The van der Waals surface area contributed by atoms with Gasteiger partial charge in [0.2, 0.25) is 0 Å². The minimum atomic E-state index is -1.00. The molecule has 30 heavy (non-hydrogen) atoms. The van der Waals surface area contributed by atoms with Gasteiger partial charge in [0.1, 0.15) is 11.6 Å². The average molecular weight is 408 g/mol. The van der Waals surface area contributed by atoms with Gasteiger partial charge in [0.25, 0.3) is 0 Å². The summed E-state index contributed by atoms with van der Waals surface area (Å²) in [7, 11) is 0. The van der Waals surface area contributed by atoms with Crippen molar-refractivity contribution in [3.8, 4) is 0 Å². The molecule has 0 aliphatic carbocycles. The van der Waals surface area contributed by atoms with Gasteiger partial charge in [-0.05, 0) is 62.0 Å². The molecule has 0 radical (unpaired) electrons. The van der Waals surface area contributed by atoms with Gasteiger partial charge >= 0.3 is 11.9 Å². The monoisotopic (exact) mass is 408 g/mol. The molecule has 3 saturated heterocycles. The topological polar surface area (TPSA) is 78.9 Å². The molecule has 0 saturated carbocycles. The van der Waals surface area contributed by atoms with Gasteiger partial charge in [-0.3, -0.25) is 10.2 Å². The van der Waals surface area contributed by atoms with E-state index in [0.717, 1.165) is 43.6 Å². The number of ether oxygens (including phenoxy) is 1. The number of hydrogen-bond donors (Lipinski definition) is 2. The first kappa shape index (κ1) is 20.6. The second-order valence-corrected chi connectivity index (χ2v) is 8.43. The maximum Gasteiger partial charge on any atom is 0.335 e. The van der Waals surface area contributed by atoms with Crippen LogP contribution in [0.5, 0.6) is 0 Å². The fraction of sp³-hybridized carbons (Fsp3) is 0.417. The van der Waals surface area contributed by atoms with E-state index in [0.29, 0.717) is 12.5 Å². The second-order valence-electron chi connectivity index (χ2n) is 8.43. The van der Waals surface area contributed by atoms with E-state index in [1.54, 1.807) is 24.3 Å². The molecule has 6 heteroatoms. The second kappa shape index (κ2) is 8.58. The van der Waals surface area contributed by atoms with E-state index in [1.165, 1.54) is 0 Å². The largest absolute Gasteiger partial charge is 0.478 e. The molecule has 2 aromatic rings. The molecule has 2 bridgehead atoms. The van der Waals surface area contributed by atoms with Crippen LogP contribution in [0.25, 0.3) is 0 Å². The Morgan fingerprint density at radius 1 is 1.10 bits per heavy atom. The molecule has 6 nitrogen and oxygen atoms in total. The number of carboxylic acid groups (broad SMARTS) is 1. The lowest BCUT2D eigenvalue weighted by Crippen LogP contribution is -2.55. The van der Waals surface area contributed by atoms with Crippen molar-refractivity contribution in [1.82, 2.24) is 10.2 Å². The van der Waals surface area contributed by atoms with E-state index < -0.39 is 11.5 Å². The van der Waals surface area contributed by atoms with Gasteiger partial charge in [0, 0.05) is 13.1 Å². The summed E-state index contributed by atoms with van der Waals surface area (Å²) < 4.78 is 6.06. The third-order valence-electron chi connectivity index (χ3n) is 6.46. The van der Waals surface area contributed by atoms with Crippen molar-refractivity contribution in [3.63, 3.8) is 0 Å². The number of carboxylic acids is 1. The Bertz CT molecular complexity index is 891. The summed E-state index contributed by atoms with van der Waals surface area (Å²) >= 11 is 0. The molecule has 3 aliphatic heterocycles. The van der Waals surface area contributed by atoms with Crippen LogP contribution < -0.4 is 5.32 Å². The number of esters is 1. The molecule has 1 unspecified atom stereocenters. The van der Waals surface area contributed by atoms with Crippen molar-refractivity contribution in [2.75, 3.05) is 19.6 Å². The number of aromatic carboxylic acids is 1. The quantitative estimate of drug-likeness (QED) is 0.686. The van der Waals surface area contributed by atoms with Crippen LogP contribution in [0.4, 0.5) is 0 Å². The fourth-order valence-electron chi connectivity index (χ4n) is 4.41. The maximum absolute atomic E-state index is 13.4. The minimum Gasteiger partial charge on any atom is -0.478 e. The van der Waals surface area contributed by atoms with E-state index in [-0.39, 0.29) is 17.6 Å². The molecule has 0 spiro atoms. The molecule has 3 heterocycles. The highest BCUT2D eigenvalue weighted by Gasteiger charge is 2.42. The molecular weight excluding hydrogens is 380 g/mol. The number of piperidine rings is 3. The van der Waals surface area contributed by atoms with Crippen LogP contribution in [0, 0.1) is 5.92 Å². The Kier molecular flexibility index (Phi) is 5.88. The number of nitrogens with one attached hydrogen (secondary N) is 1. The summed E-state index contributed by atoms with van der Waals surface area (Å²) in [6.07, 6.45) is 2.12. The van der Waals surface area contributed by atoms with Gasteiger partial charge in [0.05, 0.1) is 5.56 Å². The van der Waals surface area contributed by atoms with E-state index in [9.17, 15) is 9.59 Å². The number of carbonyl (C=O) groups excluding carboxylic acids is 1. The van der Waals surface area contributed by atoms with Crippen LogP contribution in [0.2, 0.25) is 0 Å². The van der Waals surface area contributed by atoms with Crippen molar-refractivity contribution >= 4 is 11.9 Å².